The number of hydrogen-bond acceptors (Lipinski definition) is 2. The van der Waals surface area contributed by atoms with Crippen LogP contribution in [0.5, 0.6) is 0 Å². The molecule has 2 N–H and O–H groups in total. The normalized spacial score (nSPS) is 35.8. The molecule has 4 bridgehead atoms. The van der Waals surface area contributed by atoms with E-state index in [1.165, 1.54) is 57.8 Å². The molecule has 0 aromatic rings. The minimum absolute atomic E-state index is 0.0412. The van der Waals surface area contributed by atoms with Gasteiger partial charge in [0, 0.05) is 12.5 Å². The molecule has 5 rings (SSSR count). The first-order chi connectivity index (χ1) is 13.4. The summed E-state index contributed by atoms with van der Waals surface area (Å²) in [7, 11) is 0. The van der Waals surface area contributed by atoms with Crippen LogP contribution in [0.15, 0.2) is 0 Å². The minimum atomic E-state index is -0.372. The van der Waals surface area contributed by atoms with E-state index in [1.54, 1.807) is 0 Å². The van der Waals surface area contributed by atoms with Gasteiger partial charge in [-0.25, -0.2) is 0 Å². The van der Waals surface area contributed by atoms with Crippen molar-refractivity contribution in [1.29, 1.82) is 0 Å². The maximum Gasteiger partial charge on any atom is 0.242 e. The van der Waals surface area contributed by atoms with Crippen LogP contribution in [0.25, 0.3) is 0 Å². The summed E-state index contributed by atoms with van der Waals surface area (Å²) in [5.41, 5.74) is 0.237. The highest BCUT2D eigenvalue weighted by Crippen LogP contribution is 2.61. The molecule has 158 valence electrons. The van der Waals surface area contributed by atoms with Crippen LogP contribution in [-0.2, 0) is 9.59 Å². The number of rotatable bonds is 7. The smallest absolute Gasteiger partial charge is 0.242 e. The number of nitrogens with one attached hydrogen (secondary N) is 2. The van der Waals surface area contributed by atoms with Crippen molar-refractivity contribution in [3.63, 3.8) is 0 Å². The Morgan fingerprint density at radius 3 is 2.04 bits per heavy atom. The summed E-state index contributed by atoms with van der Waals surface area (Å²) in [5.74, 6) is 3.13. The summed E-state index contributed by atoms with van der Waals surface area (Å²) in [4.78, 5) is 25.9. The minimum Gasteiger partial charge on any atom is -0.352 e. The second-order valence-corrected chi connectivity index (χ2v) is 11.2. The molecule has 5 saturated carbocycles. The van der Waals surface area contributed by atoms with E-state index in [0.717, 1.165) is 37.0 Å². The molecule has 28 heavy (non-hydrogen) atoms. The molecule has 0 heterocycles. The van der Waals surface area contributed by atoms with Gasteiger partial charge in [0.15, 0.2) is 0 Å². The zero-order valence-corrected chi connectivity index (χ0v) is 18.0. The van der Waals surface area contributed by atoms with E-state index in [4.69, 9.17) is 0 Å². The fourth-order valence-corrected chi connectivity index (χ4v) is 7.34. The molecule has 5 aliphatic carbocycles. The van der Waals surface area contributed by atoms with Gasteiger partial charge in [-0.3, -0.25) is 9.59 Å². The first-order valence-electron chi connectivity index (χ1n) is 12.0. The van der Waals surface area contributed by atoms with Gasteiger partial charge in [-0.15, -0.1) is 0 Å². The summed E-state index contributed by atoms with van der Waals surface area (Å²) < 4.78 is 0. The van der Waals surface area contributed by atoms with Gasteiger partial charge >= 0.3 is 0 Å². The second kappa shape index (κ2) is 8.36. The molecule has 4 nitrogen and oxygen atoms in total. The van der Waals surface area contributed by atoms with Gasteiger partial charge in [-0.2, -0.15) is 0 Å². The molecule has 0 aromatic carbocycles. The highest BCUT2D eigenvalue weighted by molar-refractivity contribution is 5.88. The Morgan fingerprint density at radius 1 is 0.929 bits per heavy atom. The van der Waals surface area contributed by atoms with Crippen molar-refractivity contribution in [2.45, 2.75) is 109 Å². The lowest BCUT2D eigenvalue weighted by molar-refractivity contribution is -0.134. The Hall–Kier alpha value is -1.06. The molecule has 0 unspecified atom stereocenters. The Bertz CT molecular complexity index is 544. The van der Waals surface area contributed by atoms with Crippen LogP contribution in [0.1, 0.15) is 97.3 Å². The zero-order valence-electron chi connectivity index (χ0n) is 18.0. The third-order valence-corrected chi connectivity index (χ3v) is 8.01. The molecule has 0 aliphatic heterocycles. The fourth-order valence-electron chi connectivity index (χ4n) is 7.34. The lowest BCUT2D eigenvalue weighted by Gasteiger charge is -2.56. The molecule has 0 saturated heterocycles. The van der Waals surface area contributed by atoms with Crippen molar-refractivity contribution < 1.29 is 9.59 Å². The Labute approximate surface area is 171 Å². The average molecular weight is 389 g/mol. The van der Waals surface area contributed by atoms with Crippen molar-refractivity contribution >= 4 is 11.8 Å². The van der Waals surface area contributed by atoms with Crippen molar-refractivity contribution in [2.24, 2.45) is 29.1 Å². The molecule has 4 heteroatoms. The third kappa shape index (κ3) is 4.74. The van der Waals surface area contributed by atoms with E-state index in [9.17, 15) is 9.59 Å². The fraction of sp³-hybridized carbons (Fsp3) is 0.917. The van der Waals surface area contributed by atoms with Crippen LogP contribution in [0, 0.1) is 29.1 Å². The lowest BCUT2D eigenvalue weighted by atomic mass is 9.49. The van der Waals surface area contributed by atoms with Gasteiger partial charge < -0.3 is 10.6 Å². The first kappa shape index (κ1) is 20.2. The summed E-state index contributed by atoms with van der Waals surface area (Å²) in [6.07, 6.45) is 15.2. The van der Waals surface area contributed by atoms with Gasteiger partial charge in [0.1, 0.15) is 6.04 Å². The standard InChI is InChI=1S/C24H40N2O2/c1-16(2)8-21(23(28)25-20-6-4-3-5-7-20)26-22(27)15-24-12-17-9-18(13-24)11-19(10-17)14-24/h16-21H,3-15H2,1-2H3,(H,25,28)(H,26,27)/t17?,18?,19?,21-,24?/m1/s1. The molecule has 5 aliphatic rings. The van der Waals surface area contributed by atoms with Gasteiger partial charge in [0.2, 0.25) is 11.8 Å². The van der Waals surface area contributed by atoms with Crippen LogP contribution in [0.2, 0.25) is 0 Å². The van der Waals surface area contributed by atoms with Crippen LogP contribution in [-0.4, -0.2) is 23.9 Å². The summed E-state index contributed by atoms with van der Waals surface area (Å²) in [5, 5.41) is 6.40. The number of carbonyl (C=O) groups excluding carboxylic acids is 2. The van der Waals surface area contributed by atoms with Crippen LogP contribution < -0.4 is 10.6 Å². The number of hydrogen-bond donors (Lipinski definition) is 2. The van der Waals surface area contributed by atoms with E-state index >= 15 is 0 Å². The van der Waals surface area contributed by atoms with E-state index < -0.39 is 0 Å². The van der Waals surface area contributed by atoms with Crippen LogP contribution in [0.4, 0.5) is 0 Å². The lowest BCUT2D eigenvalue weighted by Crippen LogP contribution is -2.52. The Morgan fingerprint density at radius 2 is 1.50 bits per heavy atom. The van der Waals surface area contributed by atoms with Crippen molar-refractivity contribution in [2.75, 3.05) is 0 Å². The third-order valence-electron chi connectivity index (χ3n) is 8.01. The molecular weight excluding hydrogens is 348 g/mol. The molecule has 1 atom stereocenters. The van der Waals surface area contributed by atoms with Crippen molar-refractivity contribution in [3.05, 3.63) is 0 Å². The SMILES string of the molecule is CC(C)C[C@@H](NC(=O)CC12CC3CC(CC(C3)C1)C2)C(=O)NC1CCCCC1. The van der Waals surface area contributed by atoms with E-state index in [2.05, 4.69) is 24.5 Å². The Balaban J connectivity index is 1.35. The molecule has 0 radical (unpaired) electrons. The van der Waals surface area contributed by atoms with Gasteiger partial charge in [0.05, 0.1) is 0 Å². The molecule has 0 spiro atoms. The first-order valence-corrected chi connectivity index (χ1v) is 12.0. The highest BCUT2D eigenvalue weighted by atomic mass is 16.2. The largest absolute Gasteiger partial charge is 0.352 e. The summed E-state index contributed by atoms with van der Waals surface area (Å²) in [6.45, 7) is 4.26. The average Bonchev–Trinajstić information content (AvgIpc) is 2.60. The maximum atomic E-state index is 13.0. The van der Waals surface area contributed by atoms with E-state index in [1.807, 2.05) is 0 Å². The quantitative estimate of drug-likeness (QED) is 0.671. The van der Waals surface area contributed by atoms with E-state index in [0.29, 0.717) is 18.4 Å². The number of carbonyl (C=O) groups is 2. The van der Waals surface area contributed by atoms with Gasteiger partial charge in [-0.1, -0.05) is 33.1 Å². The van der Waals surface area contributed by atoms with Crippen LogP contribution in [0.3, 0.4) is 0 Å². The second-order valence-electron chi connectivity index (χ2n) is 11.2. The summed E-state index contributed by atoms with van der Waals surface area (Å²) >= 11 is 0. The summed E-state index contributed by atoms with van der Waals surface area (Å²) in [6, 6.07) is -0.0701. The molecule has 2 amide bonds. The monoisotopic (exact) mass is 388 g/mol. The van der Waals surface area contributed by atoms with E-state index in [-0.39, 0.29) is 23.3 Å². The van der Waals surface area contributed by atoms with Crippen molar-refractivity contribution in [3.8, 4) is 0 Å². The molecule has 0 aromatic heterocycles. The predicted molar refractivity (Wildman–Crippen MR) is 112 cm³/mol. The highest BCUT2D eigenvalue weighted by Gasteiger charge is 2.51. The Kier molecular flexibility index (Phi) is 6.04. The van der Waals surface area contributed by atoms with Gasteiger partial charge in [-0.05, 0) is 86.9 Å². The van der Waals surface area contributed by atoms with Crippen molar-refractivity contribution in [1.82, 2.24) is 10.6 Å². The molecule has 5 fully saturated rings. The maximum absolute atomic E-state index is 13.0. The van der Waals surface area contributed by atoms with Crippen LogP contribution >= 0.6 is 0 Å². The number of amides is 2. The molecular formula is C24H40N2O2. The zero-order chi connectivity index (χ0) is 19.7. The van der Waals surface area contributed by atoms with Gasteiger partial charge in [0.25, 0.3) is 0 Å². The topological polar surface area (TPSA) is 58.2 Å². The predicted octanol–water partition coefficient (Wildman–Crippen LogP) is 4.57.